The number of hydrogen-bond donors (Lipinski definition) is 2. The molecule has 0 unspecified atom stereocenters. The average Bonchev–Trinajstić information content (AvgIpc) is 3.29. The van der Waals surface area contributed by atoms with Gasteiger partial charge in [-0.15, -0.1) is 0 Å². The Morgan fingerprint density at radius 3 is 2.33 bits per heavy atom. The van der Waals surface area contributed by atoms with Gasteiger partial charge in [-0.3, -0.25) is 9.48 Å². The van der Waals surface area contributed by atoms with E-state index in [-0.39, 0.29) is 17.0 Å². The van der Waals surface area contributed by atoms with Crippen molar-refractivity contribution in [3.8, 4) is 11.3 Å². The van der Waals surface area contributed by atoms with E-state index in [1.165, 1.54) is 5.56 Å². The van der Waals surface area contributed by atoms with Crippen LogP contribution < -0.4 is 11.1 Å². The van der Waals surface area contributed by atoms with Crippen LogP contribution in [0.1, 0.15) is 60.1 Å². The van der Waals surface area contributed by atoms with Crippen molar-refractivity contribution in [3.63, 3.8) is 0 Å². The van der Waals surface area contributed by atoms with Crippen LogP contribution in [0, 0.1) is 0 Å². The lowest BCUT2D eigenvalue weighted by atomic mass is 9.55. The lowest BCUT2D eigenvalue weighted by Gasteiger charge is -2.54. The van der Waals surface area contributed by atoms with E-state index in [4.69, 9.17) is 17.3 Å². The van der Waals surface area contributed by atoms with Crippen LogP contribution in [-0.4, -0.2) is 38.7 Å². The number of rotatable bonds is 4. The Morgan fingerprint density at radius 1 is 0.944 bits per heavy atom. The number of aromatic nitrogens is 2. The van der Waals surface area contributed by atoms with E-state index in [2.05, 4.69) is 40.7 Å². The Morgan fingerprint density at radius 2 is 1.67 bits per heavy atom. The van der Waals surface area contributed by atoms with E-state index in [0.29, 0.717) is 41.6 Å². The van der Waals surface area contributed by atoms with Crippen LogP contribution in [0.4, 0.5) is 4.79 Å². The Kier molecular flexibility index (Phi) is 5.56. The Balaban J connectivity index is 1.19. The Bertz CT molecular complexity index is 1310. The minimum Gasteiger partial charge on any atom is -0.365 e. The second-order valence-electron chi connectivity index (χ2n) is 10.5. The molecule has 7 nitrogen and oxygen atoms in total. The molecule has 2 bridgehead atoms. The summed E-state index contributed by atoms with van der Waals surface area (Å²) in [5.74, 6) is -0.552. The molecule has 3 aromatic rings. The van der Waals surface area contributed by atoms with Gasteiger partial charge < -0.3 is 16.0 Å². The first-order chi connectivity index (χ1) is 17.4. The van der Waals surface area contributed by atoms with Crippen LogP contribution in [-0.2, 0) is 18.5 Å². The number of urea groups is 1. The van der Waals surface area contributed by atoms with Crippen molar-refractivity contribution >= 4 is 23.5 Å². The molecule has 3 N–H and O–H groups in total. The van der Waals surface area contributed by atoms with Crippen molar-refractivity contribution in [1.82, 2.24) is 20.0 Å². The van der Waals surface area contributed by atoms with E-state index in [9.17, 15) is 9.59 Å². The molecule has 1 aliphatic heterocycles. The number of hydrogen-bond acceptors (Lipinski definition) is 3. The topological polar surface area (TPSA) is 93.2 Å². The summed E-state index contributed by atoms with van der Waals surface area (Å²) in [4.78, 5) is 27.7. The van der Waals surface area contributed by atoms with Gasteiger partial charge in [-0.1, -0.05) is 54.1 Å². The predicted octanol–water partition coefficient (Wildman–Crippen LogP) is 4.87. The highest BCUT2D eigenvalue weighted by Crippen LogP contribution is 2.53. The summed E-state index contributed by atoms with van der Waals surface area (Å²) in [6.07, 6.45) is 6.26. The zero-order valence-corrected chi connectivity index (χ0v) is 20.9. The van der Waals surface area contributed by atoms with E-state index >= 15 is 0 Å². The number of carbonyl (C=O) groups excluding carboxylic acids is 2. The summed E-state index contributed by atoms with van der Waals surface area (Å²) in [5, 5.41) is 8.63. The zero-order chi connectivity index (χ0) is 24.9. The first-order valence-electron chi connectivity index (χ1n) is 12.7. The number of halogens is 1. The standard InChI is InChI=1S/C28H30ClN5O2/c29-21-8-4-5-19(17-21)24-23(25(30)35)22-18-33(15-16-34(22)32-24)26(36)31-28-12-9-27(10-13-28,11-14-28)20-6-2-1-3-7-20/h1-8,17H,9-16,18H2,(H2,30,35)(H,31,36). The van der Waals surface area contributed by atoms with Gasteiger partial charge in [0.25, 0.3) is 5.91 Å². The molecule has 0 saturated heterocycles. The van der Waals surface area contributed by atoms with E-state index in [1.54, 1.807) is 21.7 Å². The summed E-state index contributed by atoms with van der Waals surface area (Å²) in [5.41, 5.74) is 9.60. The minimum absolute atomic E-state index is 0.0729. The van der Waals surface area contributed by atoms with E-state index in [1.807, 2.05) is 12.1 Å². The molecule has 7 rings (SSSR count). The van der Waals surface area contributed by atoms with Gasteiger partial charge >= 0.3 is 6.03 Å². The van der Waals surface area contributed by atoms with Crippen LogP contribution in [0.2, 0.25) is 5.02 Å². The molecule has 3 fully saturated rings. The number of amides is 3. The molecule has 3 amide bonds. The summed E-state index contributed by atoms with van der Waals surface area (Å²) in [7, 11) is 0. The maximum atomic E-state index is 13.5. The van der Waals surface area contributed by atoms with Crippen LogP contribution in [0.3, 0.4) is 0 Å². The van der Waals surface area contributed by atoms with Crippen molar-refractivity contribution in [2.45, 2.75) is 62.6 Å². The summed E-state index contributed by atoms with van der Waals surface area (Å²) < 4.78 is 1.80. The molecule has 4 aliphatic rings. The van der Waals surface area contributed by atoms with Gasteiger partial charge in [-0.05, 0) is 61.6 Å². The molecular weight excluding hydrogens is 474 g/mol. The van der Waals surface area contributed by atoms with Crippen molar-refractivity contribution in [2.75, 3.05) is 6.54 Å². The monoisotopic (exact) mass is 503 g/mol. The van der Waals surface area contributed by atoms with Gasteiger partial charge in [0.15, 0.2) is 0 Å². The number of fused-ring (bicyclic) bond motifs is 4. The molecule has 3 saturated carbocycles. The number of carbonyl (C=O) groups is 2. The van der Waals surface area contributed by atoms with Crippen molar-refractivity contribution in [3.05, 3.63) is 76.4 Å². The Labute approximate surface area is 215 Å². The molecule has 36 heavy (non-hydrogen) atoms. The molecule has 8 heteroatoms. The van der Waals surface area contributed by atoms with Gasteiger partial charge in [0.2, 0.25) is 0 Å². The molecule has 0 spiro atoms. The fraction of sp³-hybridized carbons (Fsp3) is 0.393. The third-order valence-electron chi connectivity index (χ3n) is 8.62. The number of benzene rings is 2. The highest BCUT2D eigenvalue weighted by atomic mass is 35.5. The molecule has 3 aliphatic carbocycles. The van der Waals surface area contributed by atoms with Gasteiger partial charge in [0.05, 0.1) is 24.3 Å². The van der Waals surface area contributed by atoms with Gasteiger partial charge in [0.1, 0.15) is 5.69 Å². The van der Waals surface area contributed by atoms with Crippen molar-refractivity contribution < 1.29 is 9.59 Å². The third-order valence-corrected chi connectivity index (χ3v) is 8.85. The smallest absolute Gasteiger partial charge is 0.318 e. The van der Waals surface area contributed by atoms with Crippen LogP contribution in [0.25, 0.3) is 11.3 Å². The lowest BCUT2D eigenvalue weighted by molar-refractivity contribution is 0.0750. The van der Waals surface area contributed by atoms with Crippen LogP contribution >= 0.6 is 11.6 Å². The van der Waals surface area contributed by atoms with Crippen molar-refractivity contribution in [2.24, 2.45) is 5.73 Å². The largest absolute Gasteiger partial charge is 0.365 e. The minimum atomic E-state index is -0.552. The molecule has 0 radical (unpaired) electrons. The maximum Gasteiger partial charge on any atom is 0.318 e. The first kappa shape index (κ1) is 23.1. The normalized spacial score (nSPS) is 24.9. The lowest BCUT2D eigenvalue weighted by Crippen LogP contribution is -2.60. The number of nitrogens with two attached hydrogens (primary N) is 1. The van der Waals surface area contributed by atoms with E-state index < -0.39 is 5.91 Å². The van der Waals surface area contributed by atoms with E-state index in [0.717, 1.165) is 44.1 Å². The van der Waals surface area contributed by atoms with Crippen molar-refractivity contribution in [1.29, 1.82) is 0 Å². The first-order valence-corrected chi connectivity index (χ1v) is 13.0. The Hall–Kier alpha value is -3.32. The molecule has 186 valence electrons. The molecule has 2 heterocycles. The summed E-state index contributed by atoms with van der Waals surface area (Å²) in [6, 6.07) is 18.0. The molecule has 1 aromatic heterocycles. The number of nitrogens with one attached hydrogen (secondary N) is 1. The highest BCUT2D eigenvalue weighted by Gasteiger charge is 2.50. The van der Waals surface area contributed by atoms with Crippen LogP contribution in [0.5, 0.6) is 0 Å². The highest BCUT2D eigenvalue weighted by molar-refractivity contribution is 6.30. The molecular formula is C28H30ClN5O2. The second kappa shape index (κ2) is 8.66. The second-order valence-corrected chi connectivity index (χ2v) is 11.0. The quantitative estimate of drug-likeness (QED) is 0.531. The number of primary amides is 1. The zero-order valence-electron chi connectivity index (χ0n) is 20.2. The maximum absolute atomic E-state index is 13.5. The average molecular weight is 504 g/mol. The fourth-order valence-corrected chi connectivity index (χ4v) is 6.68. The molecule has 0 atom stereocenters. The SMILES string of the molecule is NC(=O)c1c(-c2cccc(Cl)c2)nn2c1CN(C(=O)NC13CCC(c4ccccc4)(CC1)CC3)CC2. The van der Waals surface area contributed by atoms with Gasteiger partial charge in [0, 0.05) is 22.7 Å². The summed E-state index contributed by atoms with van der Waals surface area (Å²) in [6.45, 7) is 1.33. The predicted molar refractivity (Wildman–Crippen MR) is 139 cm³/mol. The fourth-order valence-electron chi connectivity index (χ4n) is 6.49. The van der Waals surface area contributed by atoms with Gasteiger partial charge in [-0.25, -0.2) is 4.79 Å². The van der Waals surface area contributed by atoms with Crippen LogP contribution in [0.15, 0.2) is 54.6 Å². The summed E-state index contributed by atoms with van der Waals surface area (Å²) >= 11 is 6.17. The third kappa shape index (κ3) is 3.86. The molecule has 2 aromatic carbocycles. The number of nitrogens with zero attached hydrogens (tertiary/aromatic N) is 3. The van der Waals surface area contributed by atoms with Gasteiger partial charge in [-0.2, -0.15) is 5.10 Å².